The molecule has 0 unspecified atom stereocenters. The zero-order valence-corrected chi connectivity index (χ0v) is 23.7. The molecule has 0 spiro atoms. The van der Waals surface area contributed by atoms with Gasteiger partial charge in [0.2, 0.25) is 0 Å². The van der Waals surface area contributed by atoms with Crippen LogP contribution in [0.4, 0.5) is 13.2 Å². The Morgan fingerprint density at radius 2 is 1.78 bits per heavy atom. The van der Waals surface area contributed by atoms with Gasteiger partial charge < -0.3 is 4.74 Å². The van der Waals surface area contributed by atoms with Gasteiger partial charge in [-0.15, -0.1) is 12.6 Å². The summed E-state index contributed by atoms with van der Waals surface area (Å²) in [5.74, 6) is 0.826. The predicted molar refractivity (Wildman–Crippen MR) is 154 cm³/mol. The summed E-state index contributed by atoms with van der Waals surface area (Å²) in [6, 6.07) is 8.14. The lowest BCUT2D eigenvalue weighted by Gasteiger charge is -2.24. The fourth-order valence-electron chi connectivity index (χ4n) is 3.38. The van der Waals surface area contributed by atoms with Gasteiger partial charge in [-0.1, -0.05) is 50.3 Å². The number of thiol groups is 1. The molecule has 0 saturated heterocycles. The Morgan fingerprint density at radius 3 is 2.35 bits per heavy atom. The Bertz CT molecular complexity index is 1000. The van der Waals surface area contributed by atoms with E-state index in [1.807, 2.05) is 32.9 Å². The maximum atomic E-state index is 12.9. The lowest BCUT2D eigenvalue weighted by Crippen LogP contribution is -2.26. The van der Waals surface area contributed by atoms with Crippen molar-refractivity contribution in [3.05, 3.63) is 88.5 Å². The number of hydrogen-bond donors (Lipinski definition) is 1. The molecule has 1 rings (SSSR count). The van der Waals surface area contributed by atoms with Crippen LogP contribution in [0.1, 0.15) is 59.9 Å². The summed E-state index contributed by atoms with van der Waals surface area (Å²) in [5, 5.41) is 0. The molecule has 0 aliphatic rings. The minimum absolute atomic E-state index is 0.367. The second kappa shape index (κ2) is 16.4. The second-order valence-corrected chi connectivity index (χ2v) is 9.73. The van der Waals surface area contributed by atoms with Crippen molar-refractivity contribution in [2.24, 2.45) is 4.99 Å². The first-order valence-corrected chi connectivity index (χ1v) is 13.0. The highest BCUT2D eigenvalue weighted by Gasteiger charge is 2.30. The number of benzene rings is 1. The van der Waals surface area contributed by atoms with Gasteiger partial charge in [0, 0.05) is 29.9 Å². The van der Waals surface area contributed by atoms with E-state index in [0.717, 1.165) is 48.7 Å². The highest BCUT2D eigenvalue weighted by atomic mass is 32.1. The lowest BCUT2D eigenvalue weighted by molar-refractivity contribution is -0.0881. The number of aliphatic imine (C=N–C) groups is 1. The van der Waals surface area contributed by atoms with Crippen LogP contribution in [0.3, 0.4) is 0 Å². The molecule has 0 radical (unpaired) electrons. The van der Waals surface area contributed by atoms with Crippen LogP contribution in [0, 0.1) is 0 Å². The molecule has 1 aromatic rings. The number of allylic oxidation sites excluding steroid dienone is 8. The Balaban J connectivity index is 2.83. The molecular formula is C30H41F3N2OS. The normalized spacial score (nSPS) is 14.6. The van der Waals surface area contributed by atoms with Gasteiger partial charge in [-0.05, 0) is 83.0 Å². The zero-order chi connectivity index (χ0) is 27.9. The molecule has 3 nitrogen and oxygen atoms in total. The van der Waals surface area contributed by atoms with Crippen LogP contribution in [0.15, 0.2) is 88.0 Å². The maximum Gasteiger partial charge on any atom is 0.416 e. The van der Waals surface area contributed by atoms with Crippen LogP contribution in [0.2, 0.25) is 0 Å². The fraction of sp³-hybridized carbons (Fsp3) is 0.433. The van der Waals surface area contributed by atoms with Crippen LogP contribution in [0.25, 0.3) is 0 Å². The molecule has 7 heteroatoms. The van der Waals surface area contributed by atoms with E-state index in [0.29, 0.717) is 12.2 Å². The van der Waals surface area contributed by atoms with E-state index in [1.165, 1.54) is 30.0 Å². The van der Waals surface area contributed by atoms with E-state index >= 15 is 0 Å². The van der Waals surface area contributed by atoms with Crippen LogP contribution in [0.5, 0.6) is 5.75 Å². The highest BCUT2D eigenvalue weighted by molar-refractivity contribution is 7.84. The monoisotopic (exact) mass is 534 g/mol. The number of halogens is 3. The van der Waals surface area contributed by atoms with Crippen molar-refractivity contribution in [3.8, 4) is 5.75 Å². The van der Waals surface area contributed by atoms with Gasteiger partial charge in [0.25, 0.3) is 0 Å². The number of ether oxygens (including phenoxy) is 1. The summed E-state index contributed by atoms with van der Waals surface area (Å²) in [6.07, 6.45) is 9.46. The van der Waals surface area contributed by atoms with E-state index in [4.69, 9.17) is 4.74 Å². The Kier molecular flexibility index (Phi) is 14.4. The van der Waals surface area contributed by atoms with Gasteiger partial charge >= 0.3 is 6.18 Å². The van der Waals surface area contributed by atoms with E-state index in [1.54, 1.807) is 6.92 Å². The molecule has 0 amide bonds. The standard InChI is InChI=1S/C30H41F3N2OS/c1-7-10-19-29(5,6)36-27-17-15-25(16-18-27)22-35(21-9-3)23-28(37)24(4)34-20-12-11-14-26(13-8-2)30(31,32)33/h8,10-20,37H,7,9,21-23H2,1-6H3/b12-11+,13-8-,19-10?,26-14+,28-24-,34-20+. The molecular weight excluding hydrogens is 493 g/mol. The fourth-order valence-corrected chi connectivity index (χ4v) is 3.64. The average molecular weight is 535 g/mol. The summed E-state index contributed by atoms with van der Waals surface area (Å²) in [6.45, 7) is 14.0. The Labute approximate surface area is 226 Å². The van der Waals surface area contributed by atoms with Crippen LogP contribution >= 0.6 is 12.6 Å². The van der Waals surface area contributed by atoms with E-state index in [-0.39, 0.29) is 5.60 Å². The topological polar surface area (TPSA) is 24.8 Å². The van der Waals surface area contributed by atoms with Crippen molar-refractivity contribution in [2.75, 3.05) is 13.1 Å². The molecule has 0 saturated carbocycles. The van der Waals surface area contributed by atoms with Crippen molar-refractivity contribution in [1.29, 1.82) is 0 Å². The largest absolute Gasteiger partial charge is 0.484 e. The van der Waals surface area contributed by atoms with Crippen molar-refractivity contribution in [3.63, 3.8) is 0 Å². The molecule has 0 heterocycles. The van der Waals surface area contributed by atoms with Crippen LogP contribution < -0.4 is 4.74 Å². The summed E-state index contributed by atoms with van der Waals surface area (Å²) in [7, 11) is 0. The minimum Gasteiger partial charge on any atom is -0.484 e. The molecule has 0 bridgehead atoms. The van der Waals surface area contributed by atoms with Gasteiger partial charge in [-0.25, -0.2) is 0 Å². The minimum atomic E-state index is -4.39. The van der Waals surface area contributed by atoms with Crippen LogP contribution in [-0.2, 0) is 6.54 Å². The Hall–Kier alpha value is -2.51. The summed E-state index contributed by atoms with van der Waals surface area (Å²) in [4.78, 5) is 7.43. The van der Waals surface area contributed by atoms with Gasteiger partial charge in [-0.3, -0.25) is 9.89 Å². The highest BCUT2D eigenvalue weighted by Crippen LogP contribution is 2.26. The van der Waals surface area contributed by atoms with Crippen molar-refractivity contribution in [1.82, 2.24) is 4.90 Å². The number of nitrogens with zero attached hydrogens (tertiary/aromatic N) is 2. The van der Waals surface area contributed by atoms with Crippen molar-refractivity contribution >= 4 is 18.8 Å². The lowest BCUT2D eigenvalue weighted by atomic mass is 10.1. The number of alkyl halides is 3. The van der Waals surface area contributed by atoms with Gasteiger partial charge in [0.05, 0.1) is 5.57 Å². The maximum absolute atomic E-state index is 12.9. The average Bonchev–Trinajstić information content (AvgIpc) is 2.82. The molecule has 37 heavy (non-hydrogen) atoms. The smallest absolute Gasteiger partial charge is 0.416 e. The van der Waals surface area contributed by atoms with E-state index in [9.17, 15) is 13.2 Å². The molecule has 0 atom stereocenters. The first-order chi connectivity index (χ1) is 17.4. The molecule has 0 N–H and O–H groups in total. The molecule has 0 aliphatic carbocycles. The van der Waals surface area contributed by atoms with E-state index < -0.39 is 11.7 Å². The molecule has 1 aromatic carbocycles. The number of hydrogen-bond acceptors (Lipinski definition) is 4. The zero-order valence-electron chi connectivity index (χ0n) is 22.8. The van der Waals surface area contributed by atoms with Crippen molar-refractivity contribution in [2.45, 2.75) is 72.7 Å². The van der Waals surface area contributed by atoms with E-state index in [2.05, 4.69) is 60.7 Å². The molecule has 204 valence electrons. The summed E-state index contributed by atoms with van der Waals surface area (Å²) >= 11 is 4.64. The summed E-state index contributed by atoms with van der Waals surface area (Å²) < 4.78 is 44.8. The predicted octanol–water partition coefficient (Wildman–Crippen LogP) is 8.88. The third-order valence-corrected chi connectivity index (χ3v) is 5.68. The second-order valence-electron chi connectivity index (χ2n) is 9.19. The Morgan fingerprint density at radius 1 is 1.11 bits per heavy atom. The third-order valence-electron chi connectivity index (χ3n) is 5.21. The molecule has 0 fully saturated rings. The first-order valence-electron chi connectivity index (χ1n) is 12.6. The SMILES string of the molecule is C\C=C/C(=C\C=C\C=N\C(C)=C(/S)CN(CCC)Cc1ccc(OC(C)(C)C=CCC)cc1)C(F)(F)F. The molecule has 0 aromatic heterocycles. The third kappa shape index (κ3) is 13.6. The van der Waals surface area contributed by atoms with Crippen LogP contribution in [-0.4, -0.2) is 36.0 Å². The van der Waals surface area contributed by atoms with Gasteiger partial charge in [0.15, 0.2) is 0 Å². The van der Waals surface area contributed by atoms with Crippen molar-refractivity contribution < 1.29 is 17.9 Å². The quantitative estimate of drug-likeness (QED) is 0.112. The number of rotatable bonds is 14. The first kappa shape index (κ1) is 32.5. The summed E-state index contributed by atoms with van der Waals surface area (Å²) in [5.41, 5.74) is 0.803. The van der Waals surface area contributed by atoms with Gasteiger partial charge in [0.1, 0.15) is 11.4 Å². The van der Waals surface area contributed by atoms with Gasteiger partial charge in [-0.2, -0.15) is 13.2 Å². The molecule has 0 aliphatic heterocycles.